The maximum atomic E-state index is 13.6. The molecule has 0 saturated heterocycles. The molecule has 0 atom stereocenters. The molecule has 1 saturated carbocycles. The summed E-state index contributed by atoms with van der Waals surface area (Å²) in [5.41, 5.74) is -0.564. The van der Waals surface area contributed by atoms with E-state index in [0.717, 1.165) is 38.2 Å². The molecule has 0 heterocycles. The molecule has 2 rings (SSSR count). The van der Waals surface area contributed by atoms with E-state index in [-0.39, 0.29) is 17.3 Å². The van der Waals surface area contributed by atoms with Crippen LogP contribution in [0, 0.1) is 15.9 Å². The summed E-state index contributed by atoms with van der Waals surface area (Å²) in [6.45, 7) is 0. The summed E-state index contributed by atoms with van der Waals surface area (Å²) in [7, 11) is 1.49. The number of nitro benzene ring substituents is 1. The van der Waals surface area contributed by atoms with Gasteiger partial charge in [0.05, 0.1) is 16.7 Å². The van der Waals surface area contributed by atoms with E-state index in [1.165, 1.54) is 13.1 Å². The number of amides is 1. The molecule has 1 aromatic rings. The number of rotatable bonds is 4. The van der Waals surface area contributed by atoms with Crippen LogP contribution >= 0.6 is 0 Å². The molecule has 0 radical (unpaired) electrons. The molecule has 1 aliphatic rings. The Labute approximate surface area is 121 Å². The maximum Gasteiger partial charge on any atom is 0.285 e. The van der Waals surface area contributed by atoms with Gasteiger partial charge in [0, 0.05) is 13.1 Å². The van der Waals surface area contributed by atoms with Gasteiger partial charge in [0.1, 0.15) is 5.56 Å². The van der Waals surface area contributed by atoms with Gasteiger partial charge in [0.15, 0.2) is 5.82 Å². The molecule has 7 heteroatoms. The zero-order valence-corrected chi connectivity index (χ0v) is 11.8. The van der Waals surface area contributed by atoms with Crippen LogP contribution in [0.25, 0.3) is 0 Å². The van der Waals surface area contributed by atoms with E-state index in [4.69, 9.17) is 0 Å². The first-order valence-corrected chi connectivity index (χ1v) is 6.99. The SMILES string of the molecule is CNc1cc(C(=O)NC2CCCCC2)c([N+](=O)[O-])cc1F. The second-order valence-corrected chi connectivity index (χ2v) is 5.16. The molecule has 114 valence electrons. The van der Waals surface area contributed by atoms with Gasteiger partial charge < -0.3 is 10.6 Å². The second kappa shape index (κ2) is 6.51. The number of benzene rings is 1. The number of hydrogen-bond acceptors (Lipinski definition) is 4. The minimum atomic E-state index is -0.751. The van der Waals surface area contributed by atoms with E-state index in [2.05, 4.69) is 10.6 Å². The third-order valence-electron chi connectivity index (χ3n) is 3.74. The third kappa shape index (κ3) is 3.48. The van der Waals surface area contributed by atoms with Crippen LogP contribution in [0.2, 0.25) is 0 Å². The molecule has 0 aliphatic heterocycles. The van der Waals surface area contributed by atoms with Gasteiger partial charge in [-0.1, -0.05) is 19.3 Å². The zero-order valence-electron chi connectivity index (χ0n) is 11.8. The predicted molar refractivity (Wildman–Crippen MR) is 76.9 cm³/mol. The van der Waals surface area contributed by atoms with Crippen molar-refractivity contribution in [3.63, 3.8) is 0 Å². The largest absolute Gasteiger partial charge is 0.386 e. The lowest BCUT2D eigenvalue weighted by atomic mass is 9.95. The van der Waals surface area contributed by atoms with Crippen molar-refractivity contribution in [2.45, 2.75) is 38.1 Å². The lowest BCUT2D eigenvalue weighted by molar-refractivity contribution is -0.385. The van der Waals surface area contributed by atoms with Gasteiger partial charge in [-0.05, 0) is 18.9 Å². The molecule has 2 N–H and O–H groups in total. The first-order chi connectivity index (χ1) is 10.0. The fourth-order valence-electron chi connectivity index (χ4n) is 2.60. The minimum absolute atomic E-state index is 0.0361. The topological polar surface area (TPSA) is 84.3 Å². The van der Waals surface area contributed by atoms with Crippen LogP contribution in [0.1, 0.15) is 42.5 Å². The van der Waals surface area contributed by atoms with Crippen molar-refractivity contribution in [1.82, 2.24) is 5.32 Å². The fourth-order valence-corrected chi connectivity index (χ4v) is 2.60. The van der Waals surface area contributed by atoms with Crippen LogP contribution < -0.4 is 10.6 Å². The molecular formula is C14H18FN3O3. The second-order valence-electron chi connectivity index (χ2n) is 5.16. The van der Waals surface area contributed by atoms with Crippen molar-refractivity contribution in [2.24, 2.45) is 0 Å². The van der Waals surface area contributed by atoms with Gasteiger partial charge in [0.25, 0.3) is 11.6 Å². The molecule has 6 nitrogen and oxygen atoms in total. The summed E-state index contributed by atoms with van der Waals surface area (Å²) >= 11 is 0. The average Bonchev–Trinajstić information content (AvgIpc) is 2.47. The number of halogens is 1. The van der Waals surface area contributed by atoms with Gasteiger partial charge in [-0.25, -0.2) is 4.39 Å². The smallest absolute Gasteiger partial charge is 0.285 e. The van der Waals surface area contributed by atoms with E-state index in [0.29, 0.717) is 0 Å². The first kappa shape index (κ1) is 15.2. The number of nitro groups is 1. The zero-order chi connectivity index (χ0) is 15.4. The van der Waals surface area contributed by atoms with Crippen molar-refractivity contribution in [3.05, 3.63) is 33.6 Å². The average molecular weight is 295 g/mol. The molecule has 1 fully saturated rings. The number of carbonyl (C=O) groups is 1. The van der Waals surface area contributed by atoms with E-state index in [1.807, 2.05) is 0 Å². The molecule has 1 aliphatic carbocycles. The highest BCUT2D eigenvalue weighted by Crippen LogP contribution is 2.26. The van der Waals surface area contributed by atoms with E-state index < -0.39 is 22.3 Å². The summed E-state index contributed by atoms with van der Waals surface area (Å²) in [5, 5.41) is 16.4. The maximum absolute atomic E-state index is 13.6. The van der Waals surface area contributed by atoms with Crippen molar-refractivity contribution in [2.75, 3.05) is 12.4 Å². The van der Waals surface area contributed by atoms with Crippen LogP contribution in [0.15, 0.2) is 12.1 Å². The van der Waals surface area contributed by atoms with E-state index >= 15 is 0 Å². The Morgan fingerprint density at radius 1 is 1.33 bits per heavy atom. The summed E-state index contributed by atoms with van der Waals surface area (Å²) in [4.78, 5) is 22.5. The third-order valence-corrected chi connectivity index (χ3v) is 3.74. The Balaban J connectivity index is 2.27. The van der Waals surface area contributed by atoms with Crippen LogP contribution in [0.4, 0.5) is 15.8 Å². The lowest BCUT2D eigenvalue weighted by Crippen LogP contribution is -2.36. The highest BCUT2D eigenvalue weighted by atomic mass is 19.1. The molecule has 1 aromatic carbocycles. The predicted octanol–water partition coefficient (Wildman–Crippen LogP) is 2.84. The summed E-state index contributed by atoms with van der Waals surface area (Å²) in [6, 6.07) is 2.00. The van der Waals surface area contributed by atoms with Gasteiger partial charge in [-0.2, -0.15) is 0 Å². The lowest BCUT2D eigenvalue weighted by Gasteiger charge is -2.22. The van der Waals surface area contributed by atoms with Gasteiger partial charge in [-0.3, -0.25) is 14.9 Å². The van der Waals surface area contributed by atoms with E-state index in [1.54, 1.807) is 0 Å². The van der Waals surface area contributed by atoms with Crippen LogP contribution in [0.5, 0.6) is 0 Å². The quantitative estimate of drug-likeness (QED) is 0.661. The molecule has 0 aromatic heterocycles. The number of hydrogen-bond donors (Lipinski definition) is 2. The van der Waals surface area contributed by atoms with Gasteiger partial charge >= 0.3 is 0 Å². The summed E-state index contributed by atoms with van der Waals surface area (Å²) in [5.74, 6) is -1.27. The molecule has 1 amide bonds. The highest BCUT2D eigenvalue weighted by Gasteiger charge is 2.25. The molecule has 21 heavy (non-hydrogen) atoms. The molecule has 0 unspecified atom stereocenters. The first-order valence-electron chi connectivity index (χ1n) is 6.99. The van der Waals surface area contributed by atoms with Crippen molar-refractivity contribution in [1.29, 1.82) is 0 Å². The number of nitrogens with zero attached hydrogens (tertiary/aromatic N) is 1. The van der Waals surface area contributed by atoms with Gasteiger partial charge in [-0.15, -0.1) is 0 Å². The summed E-state index contributed by atoms with van der Waals surface area (Å²) < 4.78 is 13.6. The van der Waals surface area contributed by atoms with Gasteiger partial charge in [0.2, 0.25) is 0 Å². The molecule has 0 spiro atoms. The Kier molecular flexibility index (Phi) is 4.72. The number of nitrogens with one attached hydrogen (secondary N) is 2. The Morgan fingerprint density at radius 3 is 2.57 bits per heavy atom. The standard InChI is InChI=1S/C14H18FN3O3/c1-16-12-7-10(13(18(20)21)8-11(12)15)14(19)17-9-5-3-2-4-6-9/h7-9,16H,2-6H2,1H3,(H,17,19). The minimum Gasteiger partial charge on any atom is -0.386 e. The van der Waals surface area contributed by atoms with Crippen LogP contribution in [0.3, 0.4) is 0 Å². The van der Waals surface area contributed by atoms with Crippen LogP contribution in [-0.2, 0) is 0 Å². The Morgan fingerprint density at radius 2 is 2.00 bits per heavy atom. The van der Waals surface area contributed by atoms with Crippen LogP contribution in [-0.4, -0.2) is 23.9 Å². The molecular weight excluding hydrogens is 277 g/mol. The van der Waals surface area contributed by atoms with E-state index in [9.17, 15) is 19.3 Å². The normalized spacial score (nSPS) is 15.5. The van der Waals surface area contributed by atoms with Crippen molar-refractivity contribution < 1.29 is 14.1 Å². The summed E-state index contributed by atoms with van der Waals surface area (Å²) in [6.07, 6.45) is 4.97. The Bertz CT molecular complexity index is 557. The van der Waals surface area contributed by atoms with Crippen molar-refractivity contribution >= 4 is 17.3 Å². The number of carbonyl (C=O) groups excluding carboxylic acids is 1. The monoisotopic (exact) mass is 295 g/mol. The highest BCUT2D eigenvalue weighted by molar-refractivity contribution is 5.99. The Hall–Kier alpha value is -2.18. The van der Waals surface area contributed by atoms with Crippen molar-refractivity contribution in [3.8, 4) is 0 Å². The fraction of sp³-hybridized carbons (Fsp3) is 0.500. The molecule has 0 bridgehead atoms. The number of anilines is 1.